The van der Waals surface area contributed by atoms with Gasteiger partial charge in [0.25, 0.3) is 5.91 Å². The van der Waals surface area contributed by atoms with Gasteiger partial charge in [0.15, 0.2) is 0 Å². The van der Waals surface area contributed by atoms with Gasteiger partial charge < -0.3 is 19.9 Å². The van der Waals surface area contributed by atoms with Crippen LogP contribution in [0.4, 0.5) is 4.79 Å². The number of unbranched alkanes of at least 4 members (excludes halogenated alkanes) is 1. The van der Waals surface area contributed by atoms with Gasteiger partial charge >= 0.3 is 6.09 Å². The number of methoxy groups -OCH3 is 1. The number of benzene rings is 1. The summed E-state index contributed by atoms with van der Waals surface area (Å²) in [6, 6.07) is 5.85. The van der Waals surface area contributed by atoms with E-state index in [2.05, 4.69) is 62.8 Å². The Kier molecular flexibility index (Phi) is 11.7. The normalized spacial score (nSPS) is 16.4. The molecule has 0 spiro atoms. The number of piperidine rings is 1. The number of rotatable bonds is 6. The molecule has 6 nitrogen and oxygen atoms in total. The van der Waals surface area contributed by atoms with Crippen LogP contribution in [0, 0.1) is 12.8 Å². The predicted molar refractivity (Wildman–Crippen MR) is 153 cm³/mol. The molecule has 0 aromatic heterocycles. The van der Waals surface area contributed by atoms with Gasteiger partial charge in [-0.15, -0.1) is 0 Å². The standard InChI is InChI=1S/C27H35N3O3.C4H10/c1-18-9-14-30(20(3)15-18)25(17-22-10-12-29(13-11-22)27(32)33-6)21(4)24-8-7-23(16-19(24)2)26(31)28-5;1-3-4-2/h7-9,14-16,22H,3,10-13,17H2,1-2,4-6H3,(H,28,31);3-4H2,1-2H3/b25-21+;. The second-order valence-corrected chi connectivity index (χ2v) is 9.85. The minimum absolute atomic E-state index is 0.0863. The summed E-state index contributed by atoms with van der Waals surface area (Å²) in [6.45, 7) is 16.3. The van der Waals surface area contributed by atoms with Gasteiger partial charge in [-0.2, -0.15) is 0 Å². The van der Waals surface area contributed by atoms with Crippen LogP contribution in [0.25, 0.3) is 5.57 Å². The Hall–Kier alpha value is -3.28. The average molecular weight is 508 g/mol. The van der Waals surface area contributed by atoms with Crippen LogP contribution in [-0.4, -0.2) is 49.0 Å². The summed E-state index contributed by atoms with van der Waals surface area (Å²) in [4.78, 5) is 27.9. The first-order valence-corrected chi connectivity index (χ1v) is 13.4. The van der Waals surface area contributed by atoms with Gasteiger partial charge in [-0.05, 0) is 92.5 Å². The molecule has 1 aromatic carbocycles. The quantitative estimate of drug-likeness (QED) is 0.448. The van der Waals surface area contributed by atoms with E-state index in [1.54, 1.807) is 11.9 Å². The van der Waals surface area contributed by atoms with E-state index >= 15 is 0 Å². The molecule has 6 heteroatoms. The molecule has 3 rings (SSSR count). The van der Waals surface area contributed by atoms with Gasteiger partial charge in [-0.3, -0.25) is 4.79 Å². The Balaban J connectivity index is 0.00000112. The number of hydrogen-bond donors (Lipinski definition) is 1. The maximum absolute atomic E-state index is 12.1. The van der Waals surface area contributed by atoms with Crippen molar-refractivity contribution in [3.05, 3.63) is 76.8 Å². The lowest BCUT2D eigenvalue weighted by atomic mass is 9.88. The van der Waals surface area contributed by atoms with E-state index in [1.807, 2.05) is 25.1 Å². The number of likely N-dealkylation sites (tertiary alicyclic amines) is 1. The van der Waals surface area contributed by atoms with Gasteiger partial charge in [0.1, 0.15) is 0 Å². The van der Waals surface area contributed by atoms with E-state index in [-0.39, 0.29) is 12.0 Å². The Morgan fingerprint density at radius 3 is 2.30 bits per heavy atom. The Labute approximate surface area is 223 Å². The summed E-state index contributed by atoms with van der Waals surface area (Å²) < 4.78 is 4.88. The third kappa shape index (κ3) is 8.11. The number of ether oxygens (including phenoxy) is 1. The zero-order valence-corrected chi connectivity index (χ0v) is 23.8. The number of nitrogens with zero attached hydrogens (tertiary/aromatic N) is 2. The molecule has 1 aromatic rings. The SMILES string of the molecule is C=C1C=C(C)C=CN1/C(CC1CCN(C(=O)OC)CC1)=C(\C)c1ccc(C(=O)NC)cc1C.CCCC. The maximum Gasteiger partial charge on any atom is 0.409 e. The number of hydrogen-bond acceptors (Lipinski definition) is 4. The van der Waals surface area contributed by atoms with Gasteiger partial charge in [-0.25, -0.2) is 4.79 Å². The topological polar surface area (TPSA) is 61.9 Å². The molecular formula is C31H45N3O3. The molecule has 2 amide bonds. The molecule has 0 atom stereocenters. The lowest BCUT2D eigenvalue weighted by Gasteiger charge is -2.35. The minimum atomic E-state index is -0.250. The Morgan fingerprint density at radius 1 is 1.14 bits per heavy atom. The molecule has 2 aliphatic heterocycles. The van der Waals surface area contributed by atoms with Crippen molar-refractivity contribution in [3.63, 3.8) is 0 Å². The fourth-order valence-electron chi connectivity index (χ4n) is 4.61. The van der Waals surface area contributed by atoms with Crippen LogP contribution in [0.15, 0.2) is 60.1 Å². The van der Waals surface area contributed by atoms with Crippen LogP contribution in [0.1, 0.15) is 81.3 Å². The smallest absolute Gasteiger partial charge is 0.409 e. The first-order valence-electron chi connectivity index (χ1n) is 13.4. The van der Waals surface area contributed by atoms with Crippen LogP contribution >= 0.6 is 0 Å². The van der Waals surface area contributed by atoms with Crippen LogP contribution in [0.3, 0.4) is 0 Å². The van der Waals surface area contributed by atoms with E-state index in [4.69, 9.17) is 4.74 Å². The first kappa shape index (κ1) is 29.9. The predicted octanol–water partition coefficient (Wildman–Crippen LogP) is 7.05. The second-order valence-electron chi connectivity index (χ2n) is 9.85. The average Bonchev–Trinajstić information content (AvgIpc) is 2.91. The van der Waals surface area contributed by atoms with Gasteiger partial charge in [0, 0.05) is 43.3 Å². The zero-order chi connectivity index (χ0) is 27.5. The highest BCUT2D eigenvalue weighted by atomic mass is 16.5. The van der Waals surface area contributed by atoms with Crippen molar-refractivity contribution < 1.29 is 14.3 Å². The summed E-state index contributed by atoms with van der Waals surface area (Å²) in [7, 11) is 3.07. The summed E-state index contributed by atoms with van der Waals surface area (Å²) in [5.74, 6) is 0.367. The molecule has 0 aliphatic carbocycles. The number of nitrogens with one attached hydrogen (secondary N) is 1. The summed E-state index contributed by atoms with van der Waals surface area (Å²) in [5, 5.41) is 2.69. The van der Waals surface area contributed by atoms with Crippen molar-refractivity contribution in [3.8, 4) is 0 Å². The molecule has 0 saturated carbocycles. The number of carbonyl (C=O) groups excluding carboxylic acids is 2. The number of carbonyl (C=O) groups is 2. The number of amides is 2. The fraction of sp³-hybridized carbons (Fsp3) is 0.484. The number of aryl methyl sites for hydroxylation is 1. The zero-order valence-electron chi connectivity index (χ0n) is 23.8. The van der Waals surface area contributed by atoms with Gasteiger partial charge in [0.05, 0.1) is 7.11 Å². The Morgan fingerprint density at radius 2 is 1.78 bits per heavy atom. The van der Waals surface area contributed by atoms with Crippen LogP contribution in [0.5, 0.6) is 0 Å². The monoisotopic (exact) mass is 507 g/mol. The molecule has 0 radical (unpaired) electrons. The molecule has 2 heterocycles. The van der Waals surface area contributed by atoms with Crippen molar-refractivity contribution in [2.75, 3.05) is 27.2 Å². The van der Waals surface area contributed by atoms with Crippen LogP contribution in [0.2, 0.25) is 0 Å². The molecule has 1 fully saturated rings. The molecule has 0 unspecified atom stereocenters. The molecule has 0 bridgehead atoms. The first-order chi connectivity index (χ1) is 17.7. The Bertz CT molecular complexity index is 1060. The lowest BCUT2D eigenvalue weighted by molar-refractivity contribution is 0.0962. The van der Waals surface area contributed by atoms with Crippen LogP contribution in [-0.2, 0) is 4.74 Å². The van der Waals surface area contributed by atoms with E-state index in [9.17, 15) is 9.59 Å². The van der Waals surface area contributed by atoms with Crippen molar-refractivity contribution in [1.29, 1.82) is 0 Å². The molecule has 202 valence electrons. The largest absolute Gasteiger partial charge is 0.453 e. The lowest BCUT2D eigenvalue weighted by Crippen LogP contribution is -2.38. The third-order valence-corrected chi connectivity index (χ3v) is 7.06. The van der Waals surface area contributed by atoms with E-state index in [0.717, 1.165) is 36.1 Å². The van der Waals surface area contributed by atoms with Crippen molar-refractivity contribution in [1.82, 2.24) is 15.1 Å². The van der Waals surface area contributed by atoms with Gasteiger partial charge in [0.2, 0.25) is 0 Å². The van der Waals surface area contributed by atoms with Crippen molar-refractivity contribution in [2.45, 2.75) is 66.7 Å². The summed E-state index contributed by atoms with van der Waals surface area (Å²) in [5.41, 5.74) is 7.32. The molecule has 2 aliphatic rings. The van der Waals surface area contributed by atoms with E-state index < -0.39 is 0 Å². The second kappa shape index (κ2) is 14.5. The molecular weight excluding hydrogens is 462 g/mol. The fourth-order valence-corrected chi connectivity index (χ4v) is 4.61. The third-order valence-electron chi connectivity index (χ3n) is 7.06. The molecule has 37 heavy (non-hydrogen) atoms. The van der Waals surface area contributed by atoms with E-state index in [1.165, 1.54) is 36.8 Å². The summed E-state index contributed by atoms with van der Waals surface area (Å²) >= 11 is 0. The molecule has 1 N–H and O–H groups in total. The van der Waals surface area contributed by atoms with E-state index in [0.29, 0.717) is 24.6 Å². The van der Waals surface area contributed by atoms with Crippen molar-refractivity contribution >= 4 is 17.6 Å². The highest BCUT2D eigenvalue weighted by Gasteiger charge is 2.27. The minimum Gasteiger partial charge on any atom is -0.453 e. The highest BCUT2D eigenvalue weighted by molar-refractivity contribution is 5.94. The molecule has 1 saturated heterocycles. The maximum atomic E-state index is 12.1. The van der Waals surface area contributed by atoms with Crippen molar-refractivity contribution in [2.24, 2.45) is 5.92 Å². The summed E-state index contributed by atoms with van der Waals surface area (Å²) in [6.07, 6.45) is 11.4. The highest BCUT2D eigenvalue weighted by Crippen LogP contribution is 2.35. The van der Waals surface area contributed by atoms with Crippen LogP contribution < -0.4 is 5.32 Å². The number of allylic oxidation sites excluding steroid dienone is 5. The van der Waals surface area contributed by atoms with Gasteiger partial charge in [-0.1, -0.05) is 39.3 Å².